The van der Waals surface area contributed by atoms with Gasteiger partial charge in [-0.1, -0.05) is 35.3 Å². The van der Waals surface area contributed by atoms with E-state index in [1.165, 1.54) is 0 Å². The summed E-state index contributed by atoms with van der Waals surface area (Å²) in [6, 6.07) is 11.9. The Bertz CT molecular complexity index is 636. The minimum absolute atomic E-state index is 0.0510. The molecule has 2 rings (SSSR count). The Hall–Kier alpha value is -1.51. The van der Waals surface area contributed by atoms with Gasteiger partial charge in [0.25, 0.3) is 0 Å². The lowest BCUT2D eigenvalue weighted by Gasteiger charge is -2.11. The van der Waals surface area contributed by atoms with Gasteiger partial charge in [-0.25, -0.2) is 0 Å². The van der Waals surface area contributed by atoms with Gasteiger partial charge in [-0.15, -0.1) is 0 Å². The van der Waals surface area contributed by atoms with E-state index in [-0.39, 0.29) is 11.9 Å². The Morgan fingerprint density at radius 2 is 1.85 bits per heavy atom. The molecule has 104 valence electrons. The van der Waals surface area contributed by atoms with Gasteiger partial charge in [0.2, 0.25) is 0 Å². The minimum atomic E-state index is -0.174. The average molecular weight is 309 g/mol. The van der Waals surface area contributed by atoms with Crippen LogP contribution in [0.2, 0.25) is 10.0 Å². The minimum Gasteiger partial charge on any atom is -0.491 e. The van der Waals surface area contributed by atoms with Crippen LogP contribution in [0, 0.1) is 0 Å². The van der Waals surface area contributed by atoms with Crippen molar-refractivity contribution in [3.63, 3.8) is 0 Å². The highest BCUT2D eigenvalue weighted by atomic mass is 35.5. The molecule has 0 saturated heterocycles. The molecule has 0 unspecified atom stereocenters. The van der Waals surface area contributed by atoms with Crippen molar-refractivity contribution in [2.24, 2.45) is 0 Å². The van der Waals surface area contributed by atoms with Gasteiger partial charge in [-0.2, -0.15) is 0 Å². The van der Waals surface area contributed by atoms with E-state index in [0.29, 0.717) is 26.9 Å². The molecule has 0 fully saturated rings. The standard InChI is InChI=1S/C16H14Cl2O2/c1-10(2)20-13-5-3-4-11(8-13)16(19)14-9-12(17)6-7-15(14)18/h3-10H,1-2H3. The summed E-state index contributed by atoms with van der Waals surface area (Å²) in [6.45, 7) is 3.87. The number of benzene rings is 2. The first-order valence-electron chi connectivity index (χ1n) is 6.24. The molecule has 0 aromatic heterocycles. The van der Waals surface area contributed by atoms with Gasteiger partial charge < -0.3 is 4.74 Å². The van der Waals surface area contributed by atoms with Crippen LogP contribution in [0.5, 0.6) is 5.75 Å². The number of hydrogen-bond donors (Lipinski definition) is 0. The zero-order chi connectivity index (χ0) is 14.7. The van der Waals surface area contributed by atoms with Crippen molar-refractivity contribution >= 4 is 29.0 Å². The Labute approximate surface area is 128 Å². The lowest BCUT2D eigenvalue weighted by atomic mass is 10.0. The summed E-state index contributed by atoms with van der Waals surface area (Å²) in [6.07, 6.45) is 0.0510. The fourth-order valence-corrected chi connectivity index (χ4v) is 2.19. The fraction of sp³-hybridized carbons (Fsp3) is 0.188. The molecule has 2 aromatic rings. The zero-order valence-corrected chi connectivity index (χ0v) is 12.7. The van der Waals surface area contributed by atoms with Gasteiger partial charge in [0.05, 0.1) is 11.1 Å². The summed E-state index contributed by atoms with van der Waals surface area (Å²) < 4.78 is 5.58. The van der Waals surface area contributed by atoms with E-state index >= 15 is 0 Å². The predicted octanol–water partition coefficient (Wildman–Crippen LogP) is 5.01. The molecule has 0 heterocycles. The van der Waals surface area contributed by atoms with Crippen molar-refractivity contribution in [2.45, 2.75) is 20.0 Å². The smallest absolute Gasteiger partial charge is 0.194 e. The molecule has 0 radical (unpaired) electrons. The van der Waals surface area contributed by atoms with Crippen molar-refractivity contribution in [3.8, 4) is 5.75 Å². The van der Waals surface area contributed by atoms with Crippen LogP contribution in [0.4, 0.5) is 0 Å². The number of halogens is 2. The summed E-state index contributed by atoms with van der Waals surface area (Å²) in [5, 5.41) is 0.863. The first-order chi connectivity index (χ1) is 9.47. The van der Waals surface area contributed by atoms with Crippen LogP contribution in [-0.2, 0) is 0 Å². The van der Waals surface area contributed by atoms with Gasteiger partial charge >= 0.3 is 0 Å². The molecule has 0 saturated carbocycles. The molecule has 0 amide bonds. The quantitative estimate of drug-likeness (QED) is 0.742. The maximum Gasteiger partial charge on any atom is 0.194 e. The maximum absolute atomic E-state index is 12.5. The van der Waals surface area contributed by atoms with Crippen LogP contribution >= 0.6 is 23.2 Å². The first-order valence-corrected chi connectivity index (χ1v) is 6.99. The predicted molar refractivity (Wildman–Crippen MR) is 82.1 cm³/mol. The molecule has 2 nitrogen and oxygen atoms in total. The lowest BCUT2D eigenvalue weighted by Crippen LogP contribution is -2.07. The number of ketones is 1. The van der Waals surface area contributed by atoms with E-state index in [2.05, 4.69) is 0 Å². The van der Waals surface area contributed by atoms with Crippen molar-refractivity contribution < 1.29 is 9.53 Å². The van der Waals surface area contributed by atoms with Gasteiger partial charge in [0, 0.05) is 16.1 Å². The van der Waals surface area contributed by atoms with E-state index in [1.807, 2.05) is 19.9 Å². The molecule has 0 N–H and O–H groups in total. The SMILES string of the molecule is CC(C)Oc1cccc(C(=O)c2cc(Cl)ccc2Cl)c1. The number of carbonyl (C=O) groups is 1. The third kappa shape index (κ3) is 3.53. The second-order valence-corrected chi connectivity index (χ2v) is 5.49. The summed E-state index contributed by atoms with van der Waals surface area (Å²) in [4.78, 5) is 12.5. The summed E-state index contributed by atoms with van der Waals surface area (Å²) >= 11 is 12.0. The molecule has 0 atom stereocenters. The topological polar surface area (TPSA) is 26.3 Å². The normalized spacial score (nSPS) is 10.7. The van der Waals surface area contributed by atoms with Crippen LogP contribution in [-0.4, -0.2) is 11.9 Å². The van der Waals surface area contributed by atoms with E-state index in [9.17, 15) is 4.79 Å². The van der Waals surface area contributed by atoms with Crippen molar-refractivity contribution in [3.05, 3.63) is 63.6 Å². The second-order valence-electron chi connectivity index (χ2n) is 4.65. The highest BCUT2D eigenvalue weighted by Crippen LogP contribution is 2.25. The molecular formula is C16H14Cl2O2. The molecule has 4 heteroatoms. The molecule has 0 aliphatic heterocycles. The fourth-order valence-electron chi connectivity index (χ4n) is 1.81. The molecular weight excluding hydrogens is 295 g/mol. The maximum atomic E-state index is 12.5. The first kappa shape index (κ1) is 14.9. The third-order valence-corrected chi connectivity index (χ3v) is 3.21. The van der Waals surface area contributed by atoms with Gasteiger partial charge in [-0.3, -0.25) is 4.79 Å². The highest BCUT2D eigenvalue weighted by molar-refractivity contribution is 6.36. The van der Waals surface area contributed by atoms with Gasteiger partial charge in [0.15, 0.2) is 5.78 Å². The van der Waals surface area contributed by atoms with Crippen LogP contribution in [0.15, 0.2) is 42.5 Å². The van der Waals surface area contributed by atoms with E-state index < -0.39 is 0 Å². The van der Waals surface area contributed by atoms with E-state index in [4.69, 9.17) is 27.9 Å². The largest absolute Gasteiger partial charge is 0.491 e. The Morgan fingerprint density at radius 1 is 1.10 bits per heavy atom. The lowest BCUT2D eigenvalue weighted by molar-refractivity contribution is 0.103. The van der Waals surface area contributed by atoms with Crippen molar-refractivity contribution in [1.82, 2.24) is 0 Å². The molecule has 0 spiro atoms. The van der Waals surface area contributed by atoms with Crippen LogP contribution in [0.25, 0.3) is 0 Å². The van der Waals surface area contributed by atoms with E-state index in [1.54, 1.807) is 36.4 Å². The molecule has 2 aromatic carbocycles. The summed E-state index contributed by atoms with van der Waals surface area (Å²) in [5.74, 6) is 0.482. The number of ether oxygens (including phenoxy) is 1. The molecule has 0 aliphatic rings. The Morgan fingerprint density at radius 3 is 2.55 bits per heavy atom. The van der Waals surface area contributed by atoms with Crippen LogP contribution in [0.1, 0.15) is 29.8 Å². The second kappa shape index (κ2) is 6.29. The summed E-state index contributed by atoms with van der Waals surface area (Å²) in [7, 11) is 0. The monoisotopic (exact) mass is 308 g/mol. The number of hydrogen-bond acceptors (Lipinski definition) is 2. The summed E-state index contributed by atoms with van der Waals surface area (Å²) in [5.41, 5.74) is 0.910. The molecule has 20 heavy (non-hydrogen) atoms. The van der Waals surface area contributed by atoms with Gasteiger partial charge in [-0.05, 0) is 44.2 Å². The Kier molecular flexibility index (Phi) is 4.69. The average Bonchev–Trinajstić information content (AvgIpc) is 2.40. The third-order valence-electron chi connectivity index (χ3n) is 2.64. The molecule has 0 bridgehead atoms. The highest BCUT2D eigenvalue weighted by Gasteiger charge is 2.14. The van der Waals surface area contributed by atoms with Crippen LogP contribution in [0.3, 0.4) is 0 Å². The number of rotatable bonds is 4. The van der Waals surface area contributed by atoms with Crippen molar-refractivity contribution in [2.75, 3.05) is 0 Å². The van der Waals surface area contributed by atoms with E-state index in [0.717, 1.165) is 0 Å². The number of carbonyl (C=O) groups excluding carboxylic acids is 1. The molecule has 0 aliphatic carbocycles. The van der Waals surface area contributed by atoms with Crippen molar-refractivity contribution in [1.29, 1.82) is 0 Å². The van der Waals surface area contributed by atoms with Gasteiger partial charge in [0.1, 0.15) is 5.75 Å². The zero-order valence-electron chi connectivity index (χ0n) is 11.2. The Balaban J connectivity index is 2.35. The van der Waals surface area contributed by atoms with Crippen LogP contribution < -0.4 is 4.74 Å².